The van der Waals surface area contributed by atoms with Gasteiger partial charge in [0.2, 0.25) is 0 Å². The Bertz CT molecular complexity index is 1020. The fraction of sp³-hybridized carbons (Fsp3) is 0.921. The number of hydrogen-bond donors (Lipinski definition) is 0. The molecule has 69 heavy (non-hydrogen) atoms. The van der Waals surface area contributed by atoms with E-state index in [0.717, 1.165) is 57.8 Å². The lowest BCUT2D eigenvalue weighted by molar-refractivity contribution is -0.167. The quantitative estimate of drug-likeness (QED) is 0.0261. The molecule has 0 aromatic rings. The molecule has 0 N–H and O–H groups in total. The molecule has 0 rings (SSSR count). The summed E-state index contributed by atoms with van der Waals surface area (Å²) in [4.78, 5) is 38.3. The van der Waals surface area contributed by atoms with Crippen molar-refractivity contribution in [3.05, 3.63) is 12.2 Å². The lowest BCUT2D eigenvalue weighted by atomic mass is 10.0. The third kappa shape index (κ3) is 56.9. The fourth-order valence-electron chi connectivity index (χ4n) is 9.56. The maximum absolute atomic E-state index is 12.9. The Balaban J connectivity index is 4.31. The van der Waals surface area contributed by atoms with E-state index in [1.807, 2.05) is 0 Å². The first-order valence-electron chi connectivity index (χ1n) is 31.2. The zero-order chi connectivity index (χ0) is 50.0. The highest BCUT2D eigenvalue weighted by molar-refractivity contribution is 5.71. The van der Waals surface area contributed by atoms with Crippen LogP contribution in [0.25, 0.3) is 0 Å². The topological polar surface area (TPSA) is 78.9 Å². The number of allylic oxidation sites excluding steroid dienone is 2. The van der Waals surface area contributed by atoms with Crippen LogP contribution in [0, 0.1) is 0 Å². The largest absolute Gasteiger partial charge is 0.462 e. The van der Waals surface area contributed by atoms with Gasteiger partial charge in [-0.25, -0.2) is 0 Å². The average Bonchev–Trinajstić information content (AvgIpc) is 3.35. The maximum atomic E-state index is 12.9. The second-order valence-electron chi connectivity index (χ2n) is 21.3. The molecule has 0 aliphatic heterocycles. The Kier molecular flexibility index (Phi) is 57.1. The van der Waals surface area contributed by atoms with E-state index in [1.165, 1.54) is 257 Å². The highest BCUT2D eigenvalue weighted by atomic mass is 16.6. The smallest absolute Gasteiger partial charge is 0.306 e. The van der Waals surface area contributed by atoms with E-state index < -0.39 is 6.10 Å². The van der Waals surface area contributed by atoms with Gasteiger partial charge in [0.05, 0.1) is 0 Å². The second-order valence-corrected chi connectivity index (χ2v) is 21.3. The zero-order valence-corrected chi connectivity index (χ0v) is 46.9. The summed E-state index contributed by atoms with van der Waals surface area (Å²) in [5, 5.41) is 0. The summed E-state index contributed by atoms with van der Waals surface area (Å²) >= 11 is 0. The van der Waals surface area contributed by atoms with Gasteiger partial charge in [-0.3, -0.25) is 14.4 Å². The normalized spacial score (nSPS) is 11.6. The molecule has 0 spiro atoms. The fourth-order valence-corrected chi connectivity index (χ4v) is 9.56. The van der Waals surface area contributed by atoms with Crippen molar-refractivity contribution in [2.75, 3.05) is 13.2 Å². The van der Waals surface area contributed by atoms with E-state index >= 15 is 0 Å². The van der Waals surface area contributed by atoms with Gasteiger partial charge in [-0.15, -0.1) is 0 Å². The van der Waals surface area contributed by atoms with Crippen LogP contribution in [0.5, 0.6) is 0 Å². The van der Waals surface area contributed by atoms with Gasteiger partial charge in [-0.05, 0) is 44.9 Å². The molecule has 0 amide bonds. The van der Waals surface area contributed by atoms with Crippen molar-refractivity contribution >= 4 is 17.9 Å². The molecular formula is C63H120O6. The van der Waals surface area contributed by atoms with Crippen molar-refractivity contribution in [3.63, 3.8) is 0 Å². The lowest BCUT2D eigenvalue weighted by Crippen LogP contribution is -2.30. The molecule has 0 aromatic carbocycles. The van der Waals surface area contributed by atoms with E-state index in [4.69, 9.17) is 14.2 Å². The SMILES string of the molecule is CCCCCCCC/C=C/CCCCCCCCCC(=O)OC(COC(=O)CCCCCCCCCCCCCCCCCCC)COC(=O)CCCCCCCCCCCCCCCCCCC. The van der Waals surface area contributed by atoms with E-state index in [1.54, 1.807) is 0 Å². The predicted octanol–water partition coefficient (Wildman–Crippen LogP) is 20.9. The van der Waals surface area contributed by atoms with Crippen molar-refractivity contribution in [2.24, 2.45) is 0 Å². The third-order valence-electron chi connectivity index (χ3n) is 14.3. The minimum absolute atomic E-state index is 0.0653. The minimum atomic E-state index is -0.767. The molecule has 0 fully saturated rings. The second kappa shape index (κ2) is 58.7. The summed E-state index contributed by atoms with van der Waals surface area (Å²) in [7, 11) is 0. The van der Waals surface area contributed by atoms with Crippen LogP contribution in [0.2, 0.25) is 0 Å². The van der Waals surface area contributed by atoms with E-state index in [0.29, 0.717) is 19.3 Å². The van der Waals surface area contributed by atoms with Gasteiger partial charge >= 0.3 is 17.9 Å². The molecule has 0 bridgehead atoms. The average molecular weight is 974 g/mol. The van der Waals surface area contributed by atoms with Crippen LogP contribution in [-0.2, 0) is 28.6 Å². The first kappa shape index (κ1) is 67.1. The summed E-state index contributed by atoms with van der Waals surface area (Å²) < 4.78 is 16.9. The Morgan fingerprint density at radius 3 is 0.725 bits per heavy atom. The Morgan fingerprint density at radius 1 is 0.275 bits per heavy atom. The number of carbonyl (C=O) groups is 3. The van der Waals surface area contributed by atoms with E-state index in [9.17, 15) is 14.4 Å². The highest BCUT2D eigenvalue weighted by Crippen LogP contribution is 2.18. The summed E-state index contributed by atoms with van der Waals surface area (Å²) in [6.07, 6.45) is 67.8. The Labute approximate surface area is 431 Å². The highest BCUT2D eigenvalue weighted by Gasteiger charge is 2.19. The predicted molar refractivity (Wildman–Crippen MR) is 298 cm³/mol. The molecule has 6 nitrogen and oxygen atoms in total. The van der Waals surface area contributed by atoms with Crippen LogP contribution in [0.1, 0.15) is 355 Å². The van der Waals surface area contributed by atoms with Crippen molar-refractivity contribution in [1.29, 1.82) is 0 Å². The molecule has 6 heteroatoms. The summed E-state index contributed by atoms with van der Waals surface area (Å²) in [6, 6.07) is 0. The van der Waals surface area contributed by atoms with Gasteiger partial charge in [0, 0.05) is 19.3 Å². The van der Waals surface area contributed by atoms with Crippen LogP contribution in [0.15, 0.2) is 12.2 Å². The minimum Gasteiger partial charge on any atom is -0.462 e. The van der Waals surface area contributed by atoms with Crippen molar-refractivity contribution in [1.82, 2.24) is 0 Å². The third-order valence-corrected chi connectivity index (χ3v) is 14.3. The van der Waals surface area contributed by atoms with Crippen molar-refractivity contribution < 1.29 is 28.6 Å². The van der Waals surface area contributed by atoms with Crippen LogP contribution in [0.3, 0.4) is 0 Å². The van der Waals surface area contributed by atoms with E-state index in [2.05, 4.69) is 32.9 Å². The number of carbonyl (C=O) groups excluding carboxylic acids is 3. The van der Waals surface area contributed by atoms with Gasteiger partial charge in [0.1, 0.15) is 13.2 Å². The molecule has 0 radical (unpaired) electrons. The summed E-state index contributed by atoms with van der Waals surface area (Å²) in [5.41, 5.74) is 0. The summed E-state index contributed by atoms with van der Waals surface area (Å²) in [6.45, 7) is 6.71. The van der Waals surface area contributed by atoms with Crippen molar-refractivity contribution in [2.45, 2.75) is 361 Å². The standard InChI is InChI=1S/C63H120O6/c1-4-7-10-13-16-19-22-25-28-31-34-37-40-43-46-49-52-55-61(64)67-58-60(69-63(66)57-54-51-48-45-42-39-36-33-30-27-24-21-18-15-12-9-6-3)59-68-62(65)56-53-50-47-44-41-38-35-32-29-26-23-20-17-14-11-8-5-2/h27,30,60H,4-26,28-29,31-59H2,1-3H3/b30-27+. The first-order chi connectivity index (χ1) is 34.0. The molecule has 0 aliphatic rings. The number of esters is 3. The summed E-state index contributed by atoms with van der Waals surface area (Å²) in [5.74, 6) is -0.840. The monoisotopic (exact) mass is 973 g/mol. The van der Waals surface area contributed by atoms with Crippen LogP contribution >= 0.6 is 0 Å². The lowest BCUT2D eigenvalue weighted by Gasteiger charge is -2.18. The Morgan fingerprint density at radius 2 is 0.478 bits per heavy atom. The molecule has 408 valence electrons. The van der Waals surface area contributed by atoms with Gasteiger partial charge in [0.25, 0.3) is 0 Å². The van der Waals surface area contributed by atoms with Crippen LogP contribution in [-0.4, -0.2) is 37.2 Å². The number of ether oxygens (including phenoxy) is 3. The number of unbranched alkanes of at least 4 members (excludes halogenated alkanes) is 45. The molecular weight excluding hydrogens is 853 g/mol. The van der Waals surface area contributed by atoms with Crippen molar-refractivity contribution in [3.8, 4) is 0 Å². The van der Waals surface area contributed by atoms with Gasteiger partial charge < -0.3 is 14.2 Å². The zero-order valence-electron chi connectivity index (χ0n) is 46.9. The molecule has 0 atom stereocenters. The molecule has 0 aliphatic carbocycles. The van der Waals surface area contributed by atoms with Gasteiger partial charge in [-0.1, -0.05) is 303 Å². The van der Waals surface area contributed by atoms with Gasteiger partial charge in [-0.2, -0.15) is 0 Å². The molecule has 0 saturated heterocycles. The van der Waals surface area contributed by atoms with Crippen LogP contribution in [0.4, 0.5) is 0 Å². The number of rotatable bonds is 58. The number of hydrogen-bond acceptors (Lipinski definition) is 6. The van der Waals surface area contributed by atoms with E-state index in [-0.39, 0.29) is 31.1 Å². The van der Waals surface area contributed by atoms with Gasteiger partial charge in [0.15, 0.2) is 6.10 Å². The Hall–Kier alpha value is -1.85. The molecule has 0 unspecified atom stereocenters. The molecule has 0 aromatic heterocycles. The molecule has 0 heterocycles. The molecule has 0 saturated carbocycles. The van der Waals surface area contributed by atoms with Crippen LogP contribution < -0.4 is 0 Å². The first-order valence-corrected chi connectivity index (χ1v) is 31.2. The maximum Gasteiger partial charge on any atom is 0.306 e.